The summed E-state index contributed by atoms with van der Waals surface area (Å²) in [5.74, 6) is -0.220. The van der Waals surface area contributed by atoms with Crippen LogP contribution in [0.2, 0.25) is 0 Å². The molecule has 26 heavy (non-hydrogen) atoms. The molecule has 0 bridgehead atoms. The third-order valence-electron chi connectivity index (χ3n) is 4.72. The van der Waals surface area contributed by atoms with Gasteiger partial charge in [-0.3, -0.25) is 10.1 Å². The number of fused-ring (bicyclic) bond motifs is 3. The van der Waals surface area contributed by atoms with Crippen LogP contribution in [0.1, 0.15) is 33.8 Å². The summed E-state index contributed by atoms with van der Waals surface area (Å²) in [7, 11) is 0. The van der Waals surface area contributed by atoms with Gasteiger partial charge >= 0.3 is 0 Å². The molecule has 3 aromatic heterocycles. The lowest BCUT2D eigenvalue weighted by atomic mass is 9.95. The SMILES string of the molecule is Nc1c(C(=O)Nc2nc3ccccc3s2)sc2nc3c(cc12)CCCC3. The lowest BCUT2D eigenvalue weighted by Crippen LogP contribution is -2.11. The summed E-state index contributed by atoms with van der Waals surface area (Å²) >= 11 is 2.82. The molecule has 1 amide bonds. The smallest absolute Gasteiger partial charge is 0.269 e. The fraction of sp³-hybridized carbons (Fsp3) is 0.211. The first-order valence-electron chi connectivity index (χ1n) is 8.57. The van der Waals surface area contributed by atoms with Gasteiger partial charge < -0.3 is 5.73 Å². The number of nitrogens with one attached hydrogen (secondary N) is 1. The highest BCUT2D eigenvalue weighted by molar-refractivity contribution is 7.23. The number of nitrogens with two attached hydrogens (primary N) is 1. The van der Waals surface area contributed by atoms with Gasteiger partial charge in [0, 0.05) is 11.1 Å². The first-order chi connectivity index (χ1) is 12.7. The maximum atomic E-state index is 12.8. The van der Waals surface area contributed by atoms with Crippen LogP contribution >= 0.6 is 22.7 Å². The minimum atomic E-state index is -0.220. The lowest BCUT2D eigenvalue weighted by molar-refractivity contribution is 0.103. The van der Waals surface area contributed by atoms with Gasteiger partial charge in [-0.25, -0.2) is 9.97 Å². The predicted octanol–water partition coefficient (Wildman–Crippen LogP) is 4.62. The van der Waals surface area contributed by atoms with Crippen LogP contribution < -0.4 is 11.1 Å². The molecule has 0 saturated heterocycles. The molecule has 3 N–H and O–H groups in total. The molecule has 0 aliphatic heterocycles. The third-order valence-corrected chi connectivity index (χ3v) is 6.79. The van der Waals surface area contributed by atoms with Crippen LogP contribution in [0.5, 0.6) is 0 Å². The fourth-order valence-electron chi connectivity index (χ4n) is 3.41. The van der Waals surface area contributed by atoms with Crippen LogP contribution in [-0.2, 0) is 12.8 Å². The summed E-state index contributed by atoms with van der Waals surface area (Å²) in [6, 6.07) is 9.94. The number of thiazole rings is 1. The second-order valence-corrected chi connectivity index (χ2v) is 8.47. The average Bonchev–Trinajstić information content (AvgIpc) is 3.20. The first kappa shape index (κ1) is 15.7. The fourth-order valence-corrected chi connectivity index (χ4v) is 5.26. The standard InChI is InChI=1S/C19H16N4OS2/c20-15-11-9-10-5-1-2-6-12(10)21-18(11)26-16(15)17(24)23-19-22-13-7-3-4-8-14(13)25-19/h3-4,7-9H,1-2,5-6,20H2,(H,22,23,24). The number of carbonyl (C=O) groups excluding carboxylic acids is 1. The monoisotopic (exact) mass is 380 g/mol. The van der Waals surface area contributed by atoms with E-state index in [2.05, 4.69) is 16.4 Å². The number of anilines is 2. The largest absolute Gasteiger partial charge is 0.397 e. The van der Waals surface area contributed by atoms with Crippen LogP contribution in [0.4, 0.5) is 10.8 Å². The van der Waals surface area contributed by atoms with Crippen molar-refractivity contribution in [2.24, 2.45) is 0 Å². The number of pyridine rings is 1. The van der Waals surface area contributed by atoms with E-state index in [1.54, 1.807) is 0 Å². The van der Waals surface area contributed by atoms with Crippen molar-refractivity contribution in [3.63, 3.8) is 0 Å². The van der Waals surface area contributed by atoms with Gasteiger partial charge in [0.25, 0.3) is 5.91 Å². The van der Waals surface area contributed by atoms with Gasteiger partial charge in [-0.2, -0.15) is 0 Å². The summed E-state index contributed by atoms with van der Waals surface area (Å²) in [4.78, 5) is 23.3. The Labute approximate surface area is 157 Å². The number of carbonyl (C=O) groups is 1. The summed E-state index contributed by atoms with van der Waals surface area (Å²) in [6.07, 6.45) is 4.42. The number of thiophene rings is 1. The molecule has 1 aliphatic rings. The molecule has 5 nitrogen and oxygen atoms in total. The van der Waals surface area contributed by atoms with Gasteiger partial charge in [0.2, 0.25) is 0 Å². The normalized spacial score (nSPS) is 13.8. The van der Waals surface area contributed by atoms with Crippen LogP contribution in [0.25, 0.3) is 20.4 Å². The minimum absolute atomic E-state index is 0.220. The number of hydrogen-bond donors (Lipinski definition) is 2. The Morgan fingerprint density at radius 1 is 1.12 bits per heavy atom. The molecule has 4 aromatic rings. The van der Waals surface area contributed by atoms with Crippen molar-refractivity contribution >= 4 is 59.8 Å². The van der Waals surface area contributed by atoms with Crippen molar-refractivity contribution in [3.05, 3.63) is 46.5 Å². The van der Waals surface area contributed by atoms with Gasteiger partial charge in [-0.15, -0.1) is 11.3 Å². The number of aromatic nitrogens is 2. The van der Waals surface area contributed by atoms with Crippen LogP contribution in [0, 0.1) is 0 Å². The number of hydrogen-bond acceptors (Lipinski definition) is 6. The molecule has 1 aliphatic carbocycles. The Bertz CT molecular complexity index is 1130. The average molecular weight is 380 g/mol. The van der Waals surface area contributed by atoms with Crippen LogP contribution in [0.15, 0.2) is 30.3 Å². The van der Waals surface area contributed by atoms with E-state index in [0.717, 1.165) is 39.0 Å². The van der Waals surface area contributed by atoms with Crippen LogP contribution in [0.3, 0.4) is 0 Å². The zero-order valence-electron chi connectivity index (χ0n) is 13.9. The molecule has 7 heteroatoms. The first-order valence-corrected chi connectivity index (χ1v) is 10.2. The van der Waals surface area contributed by atoms with Crippen molar-refractivity contribution in [2.45, 2.75) is 25.7 Å². The number of para-hydroxylation sites is 1. The number of benzene rings is 1. The molecule has 1 aromatic carbocycles. The van der Waals surface area contributed by atoms with E-state index in [1.807, 2.05) is 24.3 Å². The number of rotatable bonds is 2. The van der Waals surface area contributed by atoms with Crippen LogP contribution in [-0.4, -0.2) is 15.9 Å². The quantitative estimate of drug-likeness (QED) is 0.532. The van der Waals surface area contributed by atoms with Crippen molar-refractivity contribution in [1.82, 2.24) is 9.97 Å². The maximum Gasteiger partial charge on any atom is 0.269 e. The summed E-state index contributed by atoms with van der Waals surface area (Å²) in [5, 5.41) is 4.37. The summed E-state index contributed by atoms with van der Waals surface area (Å²) in [5.41, 5.74) is 10.1. The van der Waals surface area contributed by atoms with Gasteiger partial charge in [0.05, 0.1) is 15.9 Å². The van der Waals surface area contributed by atoms with Crippen molar-refractivity contribution < 1.29 is 4.79 Å². The lowest BCUT2D eigenvalue weighted by Gasteiger charge is -2.14. The van der Waals surface area contributed by atoms with E-state index in [-0.39, 0.29) is 5.91 Å². The summed E-state index contributed by atoms with van der Waals surface area (Å²) in [6.45, 7) is 0. The highest BCUT2D eigenvalue weighted by Gasteiger charge is 2.21. The van der Waals surface area contributed by atoms with Gasteiger partial charge in [-0.05, 0) is 49.4 Å². The molecular formula is C19H16N4OS2. The Morgan fingerprint density at radius 3 is 2.85 bits per heavy atom. The Morgan fingerprint density at radius 2 is 1.96 bits per heavy atom. The van der Waals surface area contributed by atoms with E-state index >= 15 is 0 Å². The van der Waals surface area contributed by atoms with E-state index < -0.39 is 0 Å². The van der Waals surface area contributed by atoms with Crippen molar-refractivity contribution in [1.29, 1.82) is 0 Å². The summed E-state index contributed by atoms with van der Waals surface area (Å²) < 4.78 is 1.04. The van der Waals surface area contributed by atoms with Crippen molar-refractivity contribution in [3.8, 4) is 0 Å². The molecule has 0 unspecified atom stereocenters. The molecule has 3 heterocycles. The van der Waals surface area contributed by atoms with Crippen molar-refractivity contribution in [2.75, 3.05) is 11.1 Å². The molecule has 0 spiro atoms. The topological polar surface area (TPSA) is 80.9 Å². The molecule has 0 radical (unpaired) electrons. The zero-order chi connectivity index (χ0) is 17.7. The molecule has 0 fully saturated rings. The second-order valence-electron chi connectivity index (χ2n) is 6.44. The van der Waals surface area contributed by atoms with Gasteiger partial charge in [0.1, 0.15) is 9.71 Å². The molecule has 5 rings (SSSR count). The van der Waals surface area contributed by atoms with E-state index in [1.165, 1.54) is 41.1 Å². The highest BCUT2D eigenvalue weighted by Crippen LogP contribution is 2.36. The number of nitrogens with zero attached hydrogens (tertiary/aromatic N) is 2. The molecule has 130 valence electrons. The second kappa shape index (κ2) is 6.03. The number of aryl methyl sites for hydroxylation is 2. The molecule has 0 saturated carbocycles. The van der Waals surface area contributed by atoms with E-state index in [4.69, 9.17) is 10.7 Å². The minimum Gasteiger partial charge on any atom is -0.397 e. The predicted molar refractivity (Wildman–Crippen MR) is 108 cm³/mol. The van der Waals surface area contributed by atoms with E-state index in [0.29, 0.717) is 15.7 Å². The molecule has 0 atom stereocenters. The Balaban J connectivity index is 1.51. The Kier molecular flexibility index (Phi) is 3.65. The third kappa shape index (κ3) is 2.55. The number of nitrogen functional groups attached to an aromatic ring is 1. The zero-order valence-corrected chi connectivity index (χ0v) is 15.5. The number of amides is 1. The highest BCUT2D eigenvalue weighted by atomic mass is 32.1. The maximum absolute atomic E-state index is 12.8. The molecular weight excluding hydrogens is 364 g/mol. The van der Waals surface area contributed by atoms with E-state index in [9.17, 15) is 4.79 Å². The van der Waals surface area contributed by atoms with Gasteiger partial charge in [0.15, 0.2) is 5.13 Å². The Hall–Kier alpha value is -2.51. The van der Waals surface area contributed by atoms with Gasteiger partial charge in [-0.1, -0.05) is 23.5 Å².